The Labute approximate surface area is 274 Å². The zero-order valence-corrected chi connectivity index (χ0v) is 27.5. The molecule has 1 atom stereocenters. The summed E-state index contributed by atoms with van der Waals surface area (Å²) in [5, 5.41) is 3.24. The van der Waals surface area contributed by atoms with Crippen molar-refractivity contribution in [3.8, 4) is 0 Å². The molecule has 0 heterocycles. The quantitative estimate of drug-likeness (QED) is 0.179. The van der Waals surface area contributed by atoms with Crippen LogP contribution in [0.3, 0.4) is 0 Å². The van der Waals surface area contributed by atoms with Crippen LogP contribution in [0.4, 0.5) is 5.69 Å². The van der Waals surface area contributed by atoms with Crippen LogP contribution in [-0.2, 0) is 32.6 Å². The van der Waals surface area contributed by atoms with Crippen molar-refractivity contribution in [2.45, 2.75) is 62.0 Å². The number of nitrogens with zero attached hydrogens (tertiary/aromatic N) is 2. The standard InChI is InChI=1S/C36H38BrN3O4S/c37-30-17-13-16-29(24-30)26-39(34(25-28-14-5-1-6-15-28)36(42)38-31-18-7-2-8-19-31)35(41)27-40(32-20-9-3-10-21-32)45(43,44)33-22-11-4-12-23-33/h1,3-6,9-17,20-24,31,34H,2,7-8,18-19,25-27H2,(H,38,42)/t34-/m0/s1. The molecular formula is C36H38BrN3O4S. The highest BCUT2D eigenvalue weighted by Crippen LogP contribution is 2.26. The highest BCUT2D eigenvalue weighted by atomic mass is 79.9. The second-order valence-electron chi connectivity index (χ2n) is 11.4. The van der Waals surface area contributed by atoms with Gasteiger partial charge in [0.25, 0.3) is 10.0 Å². The lowest BCUT2D eigenvalue weighted by Crippen LogP contribution is -2.55. The molecule has 0 saturated heterocycles. The number of para-hydroxylation sites is 1. The maximum Gasteiger partial charge on any atom is 0.264 e. The van der Waals surface area contributed by atoms with Crippen LogP contribution in [0.1, 0.15) is 43.2 Å². The molecule has 1 aliphatic rings. The van der Waals surface area contributed by atoms with Gasteiger partial charge < -0.3 is 10.2 Å². The van der Waals surface area contributed by atoms with Crippen molar-refractivity contribution in [1.29, 1.82) is 0 Å². The number of anilines is 1. The zero-order valence-electron chi connectivity index (χ0n) is 25.1. The van der Waals surface area contributed by atoms with Crippen molar-refractivity contribution in [2.24, 2.45) is 0 Å². The molecule has 0 radical (unpaired) electrons. The fraction of sp³-hybridized carbons (Fsp3) is 0.278. The maximum atomic E-state index is 14.6. The highest BCUT2D eigenvalue weighted by molar-refractivity contribution is 9.10. The normalized spacial score (nSPS) is 14.3. The third kappa shape index (κ3) is 8.61. The van der Waals surface area contributed by atoms with Crippen molar-refractivity contribution in [3.05, 3.63) is 131 Å². The summed E-state index contributed by atoms with van der Waals surface area (Å²) in [7, 11) is -4.11. The summed E-state index contributed by atoms with van der Waals surface area (Å²) < 4.78 is 30.0. The Kier molecular flexibility index (Phi) is 11.1. The van der Waals surface area contributed by atoms with Crippen molar-refractivity contribution in [2.75, 3.05) is 10.8 Å². The van der Waals surface area contributed by atoms with Crippen molar-refractivity contribution >= 4 is 43.5 Å². The van der Waals surface area contributed by atoms with Gasteiger partial charge in [0.1, 0.15) is 12.6 Å². The van der Waals surface area contributed by atoms with E-state index in [9.17, 15) is 18.0 Å². The highest BCUT2D eigenvalue weighted by Gasteiger charge is 2.35. The predicted molar refractivity (Wildman–Crippen MR) is 181 cm³/mol. The van der Waals surface area contributed by atoms with E-state index in [4.69, 9.17) is 0 Å². The summed E-state index contributed by atoms with van der Waals surface area (Å²) in [5.41, 5.74) is 2.09. The van der Waals surface area contributed by atoms with Gasteiger partial charge in [-0.15, -0.1) is 0 Å². The van der Waals surface area contributed by atoms with Crippen LogP contribution in [0, 0.1) is 0 Å². The van der Waals surface area contributed by atoms with E-state index in [2.05, 4.69) is 21.2 Å². The van der Waals surface area contributed by atoms with Gasteiger partial charge >= 0.3 is 0 Å². The van der Waals surface area contributed by atoms with Crippen LogP contribution < -0.4 is 9.62 Å². The van der Waals surface area contributed by atoms with E-state index in [1.807, 2.05) is 54.6 Å². The molecule has 5 rings (SSSR count). The number of nitrogens with one attached hydrogen (secondary N) is 1. The third-order valence-corrected chi connectivity index (χ3v) is 10.4. The predicted octanol–water partition coefficient (Wildman–Crippen LogP) is 6.73. The molecule has 7 nitrogen and oxygen atoms in total. The Morgan fingerprint density at radius 3 is 2.02 bits per heavy atom. The average Bonchev–Trinajstić information content (AvgIpc) is 3.07. The van der Waals surface area contributed by atoms with E-state index in [0.717, 1.165) is 52.0 Å². The lowest BCUT2D eigenvalue weighted by atomic mass is 9.94. The first-order valence-corrected chi connectivity index (χ1v) is 17.6. The molecule has 0 aromatic heterocycles. The molecule has 0 unspecified atom stereocenters. The number of carbonyl (C=O) groups excluding carboxylic acids is 2. The summed E-state index contributed by atoms with van der Waals surface area (Å²) in [4.78, 5) is 30.3. The van der Waals surface area contributed by atoms with Crippen LogP contribution in [0.2, 0.25) is 0 Å². The number of carbonyl (C=O) groups is 2. The van der Waals surface area contributed by atoms with E-state index in [-0.39, 0.29) is 29.8 Å². The molecule has 1 fully saturated rings. The van der Waals surface area contributed by atoms with Crippen molar-refractivity contribution in [1.82, 2.24) is 10.2 Å². The minimum atomic E-state index is -4.11. The van der Waals surface area contributed by atoms with Gasteiger partial charge in [-0.2, -0.15) is 0 Å². The molecule has 2 amide bonds. The molecule has 0 aliphatic heterocycles. The second kappa shape index (κ2) is 15.4. The Balaban J connectivity index is 1.54. The summed E-state index contributed by atoms with van der Waals surface area (Å²) >= 11 is 3.53. The average molecular weight is 689 g/mol. The number of halogens is 1. The van der Waals surface area contributed by atoms with E-state index >= 15 is 0 Å². The molecule has 4 aromatic rings. The summed E-state index contributed by atoms with van der Waals surface area (Å²) in [5.74, 6) is -0.704. The number of hydrogen-bond donors (Lipinski definition) is 1. The minimum Gasteiger partial charge on any atom is -0.352 e. The van der Waals surface area contributed by atoms with Crippen LogP contribution in [0.15, 0.2) is 125 Å². The fourth-order valence-corrected chi connectivity index (χ4v) is 7.65. The molecule has 1 aliphatic carbocycles. The molecule has 234 valence electrons. The van der Waals surface area contributed by atoms with E-state index in [1.54, 1.807) is 53.4 Å². The summed E-state index contributed by atoms with van der Waals surface area (Å²) in [6.07, 6.45) is 5.35. The molecule has 1 saturated carbocycles. The van der Waals surface area contributed by atoms with Crippen LogP contribution in [0.25, 0.3) is 0 Å². The molecule has 1 N–H and O–H groups in total. The van der Waals surface area contributed by atoms with Crippen LogP contribution in [-0.4, -0.2) is 43.8 Å². The first-order chi connectivity index (χ1) is 21.8. The van der Waals surface area contributed by atoms with E-state index < -0.39 is 28.5 Å². The largest absolute Gasteiger partial charge is 0.352 e. The van der Waals surface area contributed by atoms with Crippen molar-refractivity contribution in [3.63, 3.8) is 0 Å². The lowest BCUT2D eigenvalue weighted by molar-refractivity contribution is -0.140. The second-order valence-corrected chi connectivity index (χ2v) is 14.1. The molecular weight excluding hydrogens is 650 g/mol. The smallest absolute Gasteiger partial charge is 0.264 e. The zero-order chi connectivity index (χ0) is 31.6. The van der Waals surface area contributed by atoms with Crippen molar-refractivity contribution < 1.29 is 18.0 Å². The molecule has 9 heteroatoms. The SMILES string of the molecule is O=C(NC1CCCCC1)[C@H](Cc1ccccc1)N(Cc1cccc(Br)c1)C(=O)CN(c1ccccc1)S(=O)(=O)c1ccccc1. The first-order valence-electron chi connectivity index (χ1n) is 15.3. The van der Waals surface area contributed by atoms with Crippen LogP contribution >= 0.6 is 15.9 Å². The van der Waals surface area contributed by atoms with Gasteiger partial charge in [-0.3, -0.25) is 13.9 Å². The molecule has 4 aromatic carbocycles. The third-order valence-electron chi connectivity index (χ3n) is 8.12. The molecule has 0 bridgehead atoms. The lowest BCUT2D eigenvalue weighted by Gasteiger charge is -2.35. The van der Waals surface area contributed by atoms with E-state index in [0.29, 0.717) is 5.69 Å². The number of hydrogen-bond acceptors (Lipinski definition) is 4. The fourth-order valence-electron chi connectivity index (χ4n) is 5.77. The Morgan fingerprint density at radius 1 is 0.778 bits per heavy atom. The number of rotatable bonds is 12. The monoisotopic (exact) mass is 687 g/mol. The van der Waals surface area contributed by atoms with Gasteiger partial charge in [-0.1, -0.05) is 114 Å². The van der Waals surface area contributed by atoms with E-state index in [1.165, 1.54) is 12.1 Å². The number of benzene rings is 4. The summed E-state index contributed by atoms with van der Waals surface area (Å²) in [6.45, 7) is -0.348. The topological polar surface area (TPSA) is 86.8 Å². The Bertz CT molecular complexity index is 1660. The Hall–Kier alpha value is -3.95. The van der Waals surface area contributed by atoms with Gasteiger partial charge in [0, 0.05) is 23.5 Å². The van der Waals surface area contributed by atoms with Crippen LogP contribution in [0.5, 0.6) is 0 Å². The number of sulfonamides is 1. The van der Waals surface area contributed by atoms with Gasteiger partial charge in [-0.25, -0.2) is 8.42 Å². The van der Waals surface area contributed by atoms with Gasteiger partial charge in [-0.05, 0) is 60.4 Å². The maximum absolute atomic E-state index is 14.6. The minimum absolute atomic E-state index is 0.0478. The summed E-state index contributed by atoms with van der Waals surface area (Å²) in [6, 6.07) is 33.1. The first kappa shape index (κ1) is 32.4. The molecule has 45 heavy (non-hydrogen) atoms. The Morgan fingerprint density at radius 2 is 1.38 bits per heavy atom. The van der Waals surface area contributed by atoms with Gasteiger partial charge in [0.05, 0.1) is 10.6 Å². The molecule has 0 spiro atoms. The number of amides is 2. The van der Waals surface area contributed by atoms with Gasteiger partial charge in [0.15, 0.2) is 0 Å². The van der Waals surface area contributed by atoms with Gasteiger partial charge in [0.2, 0.25) is 11.8 Å².